The highest BCUT2D eigenvalue weighted by Crippen LogP contribution is 2.40. The molecule has 1 aromatic rings. The van der Waals surface area contributed by atoms with Crippen molar-refractivity contribution in [2.75, 3.05) is 20.3 Å². The van der Waals surface area contributed by atoms with Crippen LogP contribution < -0.4 is 15.8 Å². The van der Waals surface area contributed by atoms with Crippen LogP contribution in [-0.2, 0) is 14.9 Å². The number of likely N-dealkylation sites (N-methyl/N-ethyl adjacent to an activating group) is 1. The van der Waals surface area contributed by atoms with E-state index in [1.165, 1.54) is 0 Å². The van der Waals surface area contributed by atoms with Crippen LogP contribution in [0.25, 0.3) is 0 Å². The Balaban J connectivity index is 2.04. The van der Waals surface area contributed by atoms with Gasteiger partial charge >= 0.3 is 6.09 Å². The summed E-state index contributed by atoms with van der Waals surface area (Å²) in [6.07, 6.45) is 4.21. The molecule has 0 radical (unpaired) electrons. The molecule has 26 heavy (non-hydrogen) atoms. The number of halogens is 1. The molecule has 7 heteroatoms. The van der Waals surface area contributed by atoms with Crippen molar-refractivity contribution in [1.82, 2.24) is 5.32 Å². The maximum absolute atomic E-state index is 12.8. The Labute approximate surface area is 152 Å². The second-order valence-electron chi connectivity index (χ2n) is 6.41. The molecule has 6 nitrogen and oxygen atoms in total. The largest absolute Gasteiger partial charge is 0.489 e. The molecule has 0 atom stereocenters. The summed E-state index contributed by atoms with van der Waals surface area (Å²) < 4.78 is 22.8. The maximum Gasteiger partial charge on any atom is 0.404 e. The number of nitrogens with one attached hydrogen (secondary N) is 1. The summed E-state index contributed by atoms with van der Waals surface area (Å²) in [6, 6.07) is 7.29. The predicted octanol–water partition coefficient (Wildman–Crippen LogP) is 2.96. The maximum atomic E-state index is 12.8. The van der Waals surface area contributed by atoms with E-state index in [1.807, 2.05) is 12.1 Å². The van der Waals surface area contributed by atoms with Gasteiger partial charge in [0, 0.05) is 12.6 Å². The van der Waals surface area contributed by atoms with Gasteiger partial charge in [0.05, 0.1) is 11.7 Å². The summed E-state index contributed by atoms with van der Waals surface area (Å²) in [7, 11) is 1.66. The molecule has 0 bridgehead atoms. The lowest BCUT2D eigenvalue weighted by molar-refractivity contribution is -0.127. The zero-order chi connectivity index (χ0) is 19.0. The molecule has 2 rings (SSSR count). The van der Waals surface area contributed by atoms with Crippen molar-refractivity contribution in [3.63, 3.8) is 0 Å². The van der Waals surface area contributed by atoms with Crippen LogP contribution in [0.4, 0.5) is 9.18 Å². The molecule has 0 heterocycles. The lowest BCUT2D eigenvalue weighted by Gasteiger charge is -2.36. The number of carbonyl (C=O) groups is 2. The number of amides is 2. The molecule has 0 aromatic heterocycles. The number of rotatable bonds is 7. The SMILES string of the molecule is CNC(=O)C1(c2ccc(OCC(=CF)COC(N)=O)cc2)CCCCC1. The Morgan fingerprint density at radius 2 is 1.85 bits per heavy atom. The Kier molecular flexibility index (Phi) is 7.00. The molecule has 2 amide bonds. The summed E-state index contributed by atoms with van der Waals surface area (Å²) in [4.78, 5) is 23.1. The van der Waals surface area contributed by atoms with Gasteiger partial charge in [-0.2, -0.15) is 0 Å². The first kappa shape index (κ1) is 19.8. The van der Waals surface area contributed by atoms with E-state index in [0.717, 1.165) is 37.7 Å². The number of ether oxygens (including phenoxy) is 2. The molecule has 3 N–H and O–H groups in total. The fourth-order valence-corrected chi connectivity index (χ4v) is 3.36. The average Bonchev–Trinajstić information content (AvgIpc) is 2.68. The van der Waals surface area contributed by atoms with Gasteiger partial charge < -0.3 is 20.5 Å². The van der Waals surface area contributed by atoms with E-state index in [1.54, 1.807) is 19.2 Å². The standard InChI is InChI=1S/C19H25FN2O4/c1-22-17(23)19(9-3-2-4-10-19)15-5-7-16(8-6-15)25-12-14(11-20)13-26-18(21)24/h5-8,11H,2-4,9-10,12-13H2,1H3,(H2,21,24)(H,22,23). The van der Waals surface area contributed by atoms with E-state index in [0.29, 0.717) is 12.1 Å². The van der Waals surface area contributed by atoms with E-state index >= 15 is 0 Å². The average molecular weight is 364 g/mol. The van der Waals surface area contributed by atoms with E-state index in [-0.39, 0.29) is 24.7 Å². The van der Waals surface area contributed by atoms with Crippen molar-refractivity contribution in [1.29, 1.82) is 0 Å². The van der Waals surface area contributed by atoms with Gasteiger partial charge in [0.2, 0.25) is 5.91 Å². The molecule has 0 unspecified atom stereocenters. The Bertz CT molecular complexity index is 652. The summed E-state index contributed by atoms with van der Waals surface area (Å²) in [6.45, 7) is -0.326. The molecule has 1 aliphatic rings. The van der Waals surface area contributed by atoms with Crippen LogP contribution in [-0.4, -0.2) is 32.3 Å². The number of primary amides is 1. The Hall–Kier alpha value is -2.57. The summed E-state index contributed by atoms with van der Waals surface area (Å²) in [5.74, 6) is 0.576. The highest BCUT2D eigenvalue weighted by molar-refractivity contribution is 5.88. The van der Waals surface area contributed by atoms with Crippen molar-refractivity contribution in [2.24, 2.45) is 5.73 Å². The van der Waals surface area contributed by atoms with Gasteiger partial charge in [0.15, 0.2) is 0 Å². The van der Waals surface area contributed by atoms with Gasteiger partial charge in [-0.15, -0.1) is 0 Å². The normalized spacial score (nSPS) is 16.6. The molecule has 0 saturated heterocycles. The fourth-order valence-electron chi connectivity index (χ4n) is 3.36. The van der Waals surface area contributed by atoms with Gasteiger partial charge in [-0.25, -0.2) is 9.18 Å². The molecule has 1 aromatic carbocycles. The molecule has 1 aliphatic carbocycles. The van der Waals surface area contributed by atoms with E-state index in [2.05, 4.69) is 10.1 Å². The first-order valence-corrected chi connectivity index (χ1v) is 8.67. The van der Waals surface area contributed by atoms with Crippen LogP contribution in [0.15, 0.2) is 36.2 Å². The smallest absolute Gasteiger partial charge is 0.404 e. The molecule has 142 valence electrons. The highest BCUT2D eigenvalue weighted by Gasteiger charge is 2.40. The second kappa shape index (κ2) is 9.22. The van der Waals surface area contributed by atoms with Gasteiger partial charge in [-0.1, -0.05) is 31.4 Å². The first-order valence-electron chi connectivity index (χ1n) is 8.67. The number of carbonyl (C=O) groups excluding carboxylic acids is 2. The molecule has 0 aliphatic heterocycles. The summed E-state index contributed by atoms with van der Waals surface area (Å²) in [5, 5.41) is 2.79. The lowest BCUT2D eigenvalue weighted by Crippen LogP contribution is -2.44. The number of benzene rings is 1. The van der Waals surface area contributed by atoms with Crippen LogP contribution >= 0.6 is 0 Å². The Morgan fingerprint density at radius 3 is 2.38 bits per heavy atom. The third-order valence-electron chi connectivity index (χ3n) is 4.75. The van der Waals surface area contributed by atoms with Gasteiger partial charge in [-0.05, 0) is 30.5 Å². The minimum absolute atomic E-state index is 0.0390. The van der Waals surface area contributed by atoms with Crippen molar-refractivity contribution < 1.29 is 23.5 Å². The van der Waals surface area contributed by atoms with Gasteiger partial charge in [-0.3, -0.25) is 4.79 Å². The quantitative estimate of drug-likeness (QED) is 0.778. The molecular weight excluding hydrogens is 339 g/mol. The van der Waals surface area contributed by atoms with Gasteiger partial charge in [0.25, 0.3) is 0 Å². The Morgan fingerprint density at radius 1 is 1.19 bits per heavy atom. The third kappa shape index (κ3) is 4.74. The van der Waals surface area contributed by atoms with Crippen LogP contribution in [0.3, 0.4) is 0 Å². The van der Waals surface area contributed by atoms with Crippen molar-refractivity contribution in [2.45, 2.75) is 37.5 Å². The number of nitrogens with two attached hydrogens (primary N) is 1. The second-order valence-corrected chi connectivity index (χ2v) is 6.41. The predicted molar refractivity (Wildman–Crippen MR) is 95.5 cm³/mol. The molecule has 1 saturated carbocycles. The van der Waals surface area contributed by atoms with Crippen LogP contribution in [0.2, 0.25) is 0 Å². The minimum atomic E-state index is -0.972. The topological polar surface area (TPSA) is 90.7 Å². The van der Waals surface area contributed by atoms with E-state index in [4.69, 9.17) is 10.5 Å². The molecular formula is C19H25FN2O4. The monoisotopic (exact) mass is 364 g/mol. The highest BCUT2D eigenvalue weighted by atomic mass is 19.1. The zero-order valence-electron chi connectivity index (χ0n) is 14.9. The van der Waals surface area contributed by atoms with Crippen molar-refractivity contribution in [3.8, 4) is 5.75 Å². The van der Waals surface area contributed by atoms with E-state index in [9.17, 15) is 14.0 Å². The number of hydrogen-bond donors (Lipinski definition) is 2. The fraction of sp³-hybridized carbons (Fsp3) is 0.474. The minimum Gasteiger partial charge on any atom is -0.489 e. The van der Waals surface area contributed by atoms with Crippen molar-refractivity contribution in [3.05, 3.63) is 41.7 Å². The summed E-state index contributed by atoms with van der Waals surface area (Å²) in [5.41, 5.74) is 5.47. The molecule has 1 fully saturated rings. The van der Waals surface area contributed by atoms with E-state index < -0.39 is 11.5 Å². The van der Waals surface area contributed by atoms with Crippen LogP contribution in [0, 0.1) is 0 Å². The van der Waals surface area contributed by atoms with Crippen LogP contribution in [0.5, 0.6) is 5.75 Å². The van der Waals surface area contributed by atoms with Gasteiger partial charge in [0.1, 0.15) is 19.0 Å². The zero-order valence-corrected chi connectivity index (χ0v) is 14.9. The van der Waals surface area contributed by atoms with Crippen LogP contribution in [0.1, 0.15) is 37.7 Å². The van der Waals surface area contributed by atoms with Crippen molar-refractivity contribution >= 4 is 12.0 Å². The third-order valence-corrected chi connectivity index (χ3v) is 4.75. The summed E-state index contributed by atoms with van der Waals surface area (Å²) >= 11 is 0. The first-order chi connectivity index (χ1) is 12.5. The lowest BCUT2D eigenvalue weighted by atomic mass is 9.69. The molecule has 0 spiro atoms. The number of hydrogen-bond acceptors (Lipinski definition) is 4.